The van der Waals surface area contributed by atoms with Gasteiger partial charge < -0.3 is 19.1 Å². The van der Waals surface area contributed by atoms with E-state index in [9.17, 15) is 9.59 Å². The number of benzene rings is 1. The average Bonchev–Trinajstić information content (AvgIpc) is 2.92. The molecule has 7 nitrogen and oxygen atoms in total. The number of hydrogen-bond donors (Lipinski definition) is 0. The minimum absolute atomic E-state index is 0.0240. The van der Waals surface area contributed by atoms with Gasteiger partial charge in [0.2, 0.25) is 0 Å². The van der Waals surface area contributed by atoms with Gasteiger partial charge in [-0.25, -0.2) is 0 Å². The lowest BCUT2D eigenvalue weighted by atomic mass is 10.0. The van der Waals surface area contributed by atoms with Gasteiger partial charge in [0, 0.05) is 13.1 Å². The van der Waals surface area contributed by atoms with Gasteiger partial charge in [-0.05, 0) is 52.3 Å². The molecule has 0 N–H and O–H groups in total. The minimum atomic E-state index is -0.279. The summed E-state index contributed by atoms with van der Waals surface area (Å²) in [6.07, 6.45) is -0.00938. The highest BCUT2D eigenvalue weighted by Gasteiger charge is 2.42. The van der Waals surface area contributed by atoms with Crippen molar-refractivity contribution in [2.75, 3.05) is 32.8 Å². The molecule has 7 heteroatoms. The number of imide groups is 1. The highest BCUT2D eigenvalue weighted by Crippen LogP contribution is 2.33. The molecule has 2 unspecified atom stereocenters. The lowest BCUT2D eigenvalue weighted by Gasteiger charge is -2.37. The number of amides is 2. The molecule has 2 aliphatic rings. The fraction of sp³-hybridized carbons (Fsp3) is 0.565. The topological polar surface area (TPSA) is 68.3 Å². The first-order valence-electron chi connectivity index (χ1n) is 10.7. The number of morpholine rings is 1. The molecule has 1 aromatic rings. The zero-order chi connectivity index (χ0) is 21.8. The molecule has 30 heavy (non-hydrogen) atoms. The van der Waals surface area contributed by atoms with Crippen LogP contribution >= 0.6 is 0 Å². The van der Waals surface area contributed by atoms with Crippen LogP contribution in [-0.2, 0) is 19.1 Å². The van der Waals surface area contributed by atoms with Gasteiger partial charge in [-0.15, -0.1) is 0 Å². The van der Waals surface area contributed by atoms with E-state index in [2.05, 4.69) is 0 Å². The number of rotatable bonds is 8. The van der Waals surface area contributed by atoms with Gasteiger partial charge in [0.05, 0.1) is 43.6 Å². The van der Waals surface area contributed by atoms with Crippen molar-refractivity contribution in [1.82, 2.24) is 9.80 Å². The molecule has 3 rings (SSSR count). The van der Waals surface area contributed by atoms with Gasteiger partial charge in [0.25, 0.3) is 11.8 Å². The Labute approximate surface area is 178 Å². The lowest BCUT2D eigenvalue weighted by Crippen LogP contribution is -2.47. The molecule has 0 saturated carbocycles. The molecule has 2 atom stereocenters. The summed E-state index contributed by atoms with van der Waals surface area (Å²) in [5.74, 6) is 0.187. The standard InChI is InChI=1S/C23H32N2O5/c1-6-28-19-9-7-18(8-10-19)20-21(24-13-16(4)30-17(5)14-24)23(27)25(22(20)26)11-12-29-15(2)3/h7-10,15-17H,6,11-14H2,1-5H3. The normalized spacial score (nSPS) is 22.5. The number of hydrogen-bond acceptors (Lipinski definition) is 6. The van der Waals surface area contributed by atoms with E-state index in [1.165, 1.54) is 4.90 Å². The first-order chi connectivity index (χ1) is 14.3. The van der Waals surface area contributed by atoms with Crippen LogP contribution in [0.15, 0.2) is 30.0 Å². The van der Waals surface area contributed by atoms with Crippen LogP contribution in [0.3, 0.4) is 0 Å². The van der Waals surface area contributed by atoms with Crippen LogP contribution in [-0.4, -0.2) is 72.8 Å². The first-order valence-corrected chi connectivity index (χ1v) is 10.7. The van der Waals surface area contributed by atoms with Crippen molar-refractivity contribution < 1.29 is 23.8 Å². The van der Waals surface area contributed by atoms with E-state index in [1.54, 1.807) is 0 Å². The van der Waals surface area contributed by atoms with Crippen molar-refractivity contribution in [1.29, 1.82) is 0 Å². The number of ether oxygens (including phenoxy) is 3. The Bertz CT molecular complexity index is 792. The summed E-state index contributed by atoms with van der Waals surface area (Å²) in [7, 11) is 0. The van der Waals surface area contributed by atoms with Gasteiger partial charge in [0.15, 0.2) is 0 Å². The SMILES string of the molecule is CCOc1ccc(C2=C(N3CC(C)OC(C)C3)C(=O)N(CCOC(C)C)C2=O)cc1. The zero-order valence-electron chi connectivity index (χ0n) is 18.5. The van der Waals surface area contributed by atoms with Crippen LogP contribution in [0.5, 0.6) is 5.75 Å². The van der Waals surface area contributed by atoms with E-state index in [0.29, 0.717) is 43.1 Å². The zero-order valence-corrected chi connectivity index (χ0v) is 18.5. The molecule has 2 amide bonds. The Morgan fingerprint density at radius 2 is 1.70 bits per heavy atom. The fourth-order valence-electron chi connectivity index (χ4n) is 3.94. The largest absolute Gasteiger partial charge is 0.494 e. The van der Waals surface area contributed by atoms with E-state index in [-0.39, 0.29) is 36.7 Å². The van der Waals surface area contributed by atoms with E-state index in [1.807, 2.05) is 63.8 Å². The minimum Gasteiger partial charge on any atom is -0.494 e. The Morgan fingerprint density at radius 1 is 1.07 bits per heavy atom. The van der Waals surface area contributed by atoms with Gasteiger partial charge in [-0.1, -0.05) is 12.1 Å². The maximum absolute atomic E-state index is 13.3. The molecular formula is C23H32N2O5. The quantitative estimate of drug-likeness (QED) is 0.607. The predicted octanol–water partition coefficient (Wildman–Crippen LogP) is 2.70. The second kappa shape index (κ2) is 9.62. The fourth-order valence-corrected chi connectivity index (χ4v) is 3.94. The van der Waals surface area contributed by atoms with Gasteiger partial charge in [0.1, 0.15) is 11.4 Å². The molecule has 164 valence electrons. The third-order valence-electron chi connectivity index (χ3n) is 5.10. The van der Waals surface area contributed by atoms with Crippen LogP contribution < -0.4 is 4.74 Å². The number of carbonyl (C=O) groups excluding carboxylic acids is 2. The van der Waals surface area contributed by atoms with E-state index in [0.717, 1.165) is 5.75 Å². The number of nitrogens with zero attached hydrogens (tertiary/aromatic N) is 2. The second-order valence-electron chi connectivity index (χ2n) is 8.02. The maximum atomic E-state index is 13.3. The average molecular weight is 417 g/mol. The summed E-state index contributed by atoms with van der Waals surface area (Å²) < 4.78 is 16.9. The van der Waals surface area contributed by atoms with Crippen molar-refractivity contribution >= 4 is 17.4 Å². The van der Waals surface area contributed by atoms with Gasteiger partial charge in [-0.2, -0.15) is 0 Å². The van der Waals surface area contributed by atoms with Crippen LogP contribution in [0.4, 0.5) is 0 Å². The summed E-state index contributed by atoms with van der Waals surface area (Å²) in [6.45, 7) is 12.0. The van der Waals surface area contributed by atoms with Gasteiger partial charge >= 0.3 is 0 Å². The van der Waals surface area contributed by atoms with Gasteiger partial charge in [-0.3, -0.25) is 14.5 Å². The smallest absolute Gasteiger partial charge is 0.277 e. The summed E-state index contributed by atoms with van der Waals surface area (Å²) in [6, 6.07) is 7.34. The van der Waals surface area contributed by atoms with Crippen molar-refractivity contribution in [3.05, 3.63) is 35.5 Å². The Kier molecular flexibility index (Phi) is 7.15. The first kappa shape index (κ1) is 22.3. The molecule has 0 radical (unpaired) electrons. The van der Waals surface area contributed by atoms with Crippen molar-refractivity contribution in [2.24, 2.45) is 0 Å². The van der Waals surface area contributed by atoms with Crippen molar-refractivity contribution in [2.45, 2.75) is 52.9 Å². The monoisotopic (exact) mass is 416 g/mol. The van der Waals surface area contributed by atoms with E-state index in [4.69, 9.17) is 14.2 Å². The van der Waals surface area contributed by atoms with Crippen LogP contribution in [0.1, 0.15) is 40.2 Å². The third kappa shape index (κ3) is 4.84. The molecule has 0 bridgehead atoms. The van der Waals surface area contributed by atoms with Crippen molar-refractivity contribution in [3.63, 3.8) is 0 Å². The van der Waals surface area contributed by atoms with E-state index < -0.39 is 0 Å². The highest BCUT2D eigenvalue weighted by atomic mass is 16.5. The molecule has 1 aromatic carbocycles. The van der Waals surface area contributed by atoms with Crippen LogP contribution in [0, 0.1) is 0 Å². The third-order valence-corrected chi connectivity index (χ3v) is 5.10. The molecule has 0 aliphatic carbocycles. The predicted molar refractivity (Wildman–Crippen MR) is 114 cm³/mol. The highest BCUT2D eigenvalue weighted by molar-refractivity contribution is 6.35. The molecule has 0 aromatic heterocycles. The summed E-state index contributed by atoms with van der Waals surface area (Å²) in [5, 5.41) is 0. The molecule has 0 spiro atoms. The lowest BCUT2D eigenvalue weighted by molar-refractivity contribution is -0.139. The molecular weight excluding hydrogens is 384 g/mol. The van der Waals surface area contributed by atoms with Crippen molar-refractivity contribution in [3.8, 4) is 5.75 Å². The molecule has 1 fully saturated rings. The number of carbonyl (C=O) groups is 2. The summed E-state index contributed by atoms with van der Waals surface area (Å²) in [4.78, 5) is 30.0. The van der Waals surface area contributed by atoms with E-state index >= 15 is 0 Å². The molecule has 2 aliphatic heterocycles. The summed E-state index contributed by atoms with van der Waals surface area (Å²) in [5.41, 5.74) is 1.61. The molecule has 2 heterocycles. The Hall–Kier alpha value is -2.38. The summed E-state index contributed by atoms with van der Waals surface area (Å²) >= 11 is 0. The Morgan fingerprint density at radius 3 is 2.27 bits per heavy atom. The van der Waals surface area contributed by atoms with Crippen LogP contribution in [0.25, 0.3) is 5.57 Å². The molecule has 1 saturated heterocycles. The second-order valence-corrected chi connectivity index (χ2v) is 8.02. The van der Waals surface area contributed by atoms with Crippen LogP contribution in [0.2, 0.25) is 0 Å². The Balaban J connectivity index is 1.95. The maximum Gasteiger partial charge on any atom is 0.277 e.